The first-order valence-electron chi connectivity index (χ1n) is 6.72. The van der Waals surface area contributed by atoms with Gasteiger partial charge in [0, 0.05) is 23.1 Å². The van der Waals surface area contributed by atoms with E-state index in [2.05, 4.69) is 4.98 Å². The van der Waals surface area contributed by atoms with Crippen molar-refractivity contribution < 1.29 is 9.21 Å². The van der Waals surface area contributed by atoms with Gasteiger partial charge in [-0.1, -0.05) is 17.7 Å². The minimum atomic E-state index is -0.139. The predicted octanol–water partition coefficient (Wildman–Crippen LogP) is 4.18. The molecule has 3 aromatic rings. The number of rotatable bonds is 4. The minimum absolute atomic E-state index is 0.139. The highest BCUT2D eigenvalue weighted by Gasteiger charge is 2.19. The van der Waals surface area contributed by atoms with E-state index in [1.807, 2.05) is 24.3 Å². The molecule has 5 heteroatoms. The topological polar surface area (TPSA) is 46.3 Å². The first kappa shape index (κ1) is 14.4. The van der Waals surface area contributed by atoms with Gasteiger partial charge in [-0.15, -0.1) is 0 Å². The number of nitrogens with zero attached hydrogens (tertiary/aromatic N) is 2. The van der Waals surface area contributed by atoms with Crippen LogP contribution in [0.2, 0.25) is 5.02 Å². The van der Waals surface area contributed by atoms with E-state index in [1.165, 1.54) is 12.5 Å². The number of furan rings is 1. The Morgan fingerprint density at radius 3 is 2.64 bits per heavy atom. The SMILES string of the molecule is O=C(c1ccoc1)N(Cc1cccnc1)c1ccc(Cl)cc1. The monoisotopic (exact) mass is 312 g/mol. The largest absolute Gasteiger partial charge is 0.472 e. The Hall–Kier alpha value is -2.59. The van der Waals surface area contributed by atoms with E-state index in [4.69, 9.17) is 16.0 Å². The molecule has 2 heterocycles. The molecule has 0 saturated heterocycles. The summed E-state index contributed by atoms with van der Waals surface area (Å²) in [7, 11) is 0. The van der Waals surface area contributed by atoms with Gasteiger partial charge in [0.05, 0.1) is 18.4 Å². The normalized spacial score (nSPS) is 10.4. The number of hydrogen-bond acceptors (Lipinski definition) is 3. The fourth-order valence-corrected chi connectivity index (χ4v) is 2.24. The molecule has 0 aliphatic heterocycles. The summed E-state index contributed by atoms with van der Waals surface area (Å²) in [6.45, 7) is 0.416. The molecule has 0 atom stereocenters. The smallest absolute Gasteiger partial charge is 0.261 e. The van der Waals surface area contributed by atoms with Gasteiger partial charge >= 0.3 is 0 Å². The molecule has 0 saturated carbocycles. The molecule has 110 valence electrons. The summed E-state index contributed by atoms with van der Waals surface area (Å²) >= 11 is 5.93. The number of halogens is 1. The minimum Gasteiger partial charge on any atom is -0.472 e. The second-order valence-electron chi connectivity index (χ2n) is 4.74. The Kier molecular flexibility index (Phi) is 4.21. The molecule has 0 aliphatic rings. The molecule has 1 aromatic carbocycles. The maximum Gasteiger partial charge on any atom is 0.261 e. The van der Waals surface area contributed by atoms with Crippen LogP contribution in [0.15, 0.2) is 71.8 Å². The van der Waals surface area contributed by atoms with Crippen molar-refractivity contribution >= 4 is 23.2 Å². The molecule has 4 nitrogen and oxygen atoms in total. The molecule has 0 aliphatic carbocycles. The lowest BCUT2D eigenvalue weighted by Gasteiger charge is -2.22. The molecule has 0 spiro atoms. The third kappa shape index (κ3) is 3.18. The van der Waals surface area contributed by atoms with Gasteiger partial charge in [0.1, 0.15) is 6.26 Å². The number of pyridine rings is 1. The average Bonchev–Trinajstić information content (AvgIpc) is 3.08. The molecule has 0 bridgehead atoms. The number of amides is 1. The van der Waals surface area contributed by atoms with Crippen molar-refractivity contribution in [1.82, 2.24) is 4.98 Å². The van der Waals surface area contributed by atoms with Gasteiger partial charge in [0.25, 0.3) is 5.91 Å². The van der Waals surface area contributed by atoms with Crippen LogP contribution in [0.1, 0.15) is 15.9 Å². The van der Waals surface area contributed by atoms with Crippen LogP contribution in [0.3, 0.4) is 0 Å². The van der Waals surface area contributed by atoms with Crippen LogP contribution in [0.4, 0.5) is 5.69 Å². The Labute approximate surface area is 133 Å². The van der Waals surface area contributed by atoms with Gasteiger partial charge in [0.2, 0.25) is 0 Å². The van der Waals surface area contributed by atoms with Crippen LogP contribution in [0.25, 0.3) is 0 Å². The highest BCUT2D eigenvalue weighted by molar-refractivity contribution is 6.30. The summed E-state index contributed by atoms with van der Waals surface area (Å²) in [5.41, 5.74) is 2.20. The van der Waals surface area contributed by atoms with E-state index in [0.717, 1.165) is 11.3 Å². The molecule has 1 amide bonds. The predicted molar refractivity (Wildman–Crippen MR) is 84.9 cm³/mol. The molecule has 3 rings (SSSR count). The Morgan fingerprint density at radius 2 is 2.00 bits per heavy atom. The number of carbonyl (C=O) groups is 1. The van der Waals surface area contributed by atoms with E-state index in [0.29, 0.717) is 17.1 Å². The Balaban J connectivity index is 1.94. The van der Waals surface area contributed by atoms with Crippen molar-refractivity contribution in [2.45, 2.75) is 6.54 Å². The summed E-state index contributed by atoms with van der Waals surface area (Å²) in [4.78, 5) is 18.5. The van der Waals surface area contributed by atoms with Gasteiger partial charge in [-0.3, -0.25) is 9.78 Å². The zero-order valence-electron chi connectivity index (χ0n) is 11.6. The summed E-state index contributed by atoms with van der Waals surface area (Å²) < 4.78 is 5.01. The van der Waals surface area contributed by atoms with Crippen molar-refractivity contribution in [3.8, 4) is 0 Å². The molecular weight excluding hydrogens is 300 g/mol. The number of aromatic nitrogens is 1. The van der Waals surface area contributed by atoms with E-state index >= 15 is 0 Å². The van der Waals surface area contributed by atoms with Gasteiger partial charge in [-0.2, -0.15) is 0 Å². The van der Waals surface area contributed by atoms with Crippen molar-refractivity contribution in [2.24, 2.45) is 0 Å². The quantitative estimate of drug-likeness (QED) is 0.726. The maximum absolute atomic E-state index is 12.7. The van der Waals surface area contributed by atoms with Crippen LogP contribution in [-0.2, 0) is 6.54 Å². The fourth-order valence-electron chi connectivity index (χ4n) is 2.12. The number of benzene rings is 1. The highest BCUT2D eigenvalue weighted by atomic mass is 35.5. The summed E-state index contributed by atoms with van der Waals surface area (Å²) in [6.07, 6.45) is 6.37. The zero-order chi connectivity index (χ0) is 15.4. The van der Waals surface area contributed by atoms with Crippen LogP contribution >= 0.6 is 11.6 Å². The third-order valence-corrected chi connectivity index (χ3v) is 3.47. The van der Waals surface area contributed by atoms with Crippen LogP contribution < -0.4 is 4.90 Å². The van der Waals surface area contributed by atoms with Crippen LogP contribution in [0, 0.1) is 0 Å². The lowest BCUT2D eigenvalue weighted by molar-refractivity contribution is 0.0984. The Bertz CT molecular complexity index is 740. The Morgan fingerprint density at radius 1 is 1.18 bits per heavy atom. The maximum atomic E-state index is 12.7. The third-order valence-electron chi connectivity index (χ3n) is 3.22. The lowest BCUT2D eigenvalue weighted by atomic mass is 10.2. The zero-order valence-corrected chi connectivity index (χ0v) is 12.4. The van der Waals surface area contributed by atoms with E-state index < -0.39 is 0 Å². The van der Waals surface area contributed by atoms with Gasteiger partial charge in [-0.25, -0.2) is 0 Å². The van der Waals surface area contributed by atoms with E-state index in [-0.39, 0.29) is 5.91 Å². The van der Waals surface area contributed by atoms with Crippen molar-refractivity contribution in [3.63, 3.8) is 0 Å². The lowest BCUT2D eigenvalue weighted by Crippen LogP contribution is -2.30. The van der Waals surface area contributed by atoms with Gasteiger partial charge in [-0.05, 0) is 42.0 Å². The number of carbonyl (C=O) groups excluding carboxylic acids is 1. The summed E-state index contributed by atoms with van der Waals surface area (Å²) in [5.74, 6) is -0.139. The van der Waals surface area contributed by atoms with E-state index in [1.54, 1.807) is 35.5 Å². The van der Waals surface area contributed by atoms with Crippen molar-refractivity contribution in [3.05, 3.63) is 83.5 Å². The second kappa shape index (κ2) is 6.45. The molecule has 2 aromatic heterocycles. The molecule has 22 heavy (non-hydrogen) atoms. The van der Waals surface area contributed by atoms with Gasteiger partial charge in [0.15, 0.2) is 0 Å². The summed E-state index contributed by atoms with van der Waals surface area (Å²) in [6, 6.07) is 12.6. The fraction of sp³-hybridized carbons (Fsp3) is 0.0588. The number of anilines is 1. The second-order valence-corrected chi connectivity index (χ2v) is 5.18. The summed E-state index contributed by atoms with van der Waals surface area (Å²) in [5, 5.41) is 0.626. The molecule has 0 N–H and O–H groups in total. The molecule has 0 fully saturated rings. The standard InChI is InChI=1S/C17H13ClN2O2/c18-15-3-5-16(6-4-15)20(11-13-2-1-8-19-10-13)17(21)14-7-9-22-12-14/h1-10,12H,11H2. The van der Waals surface area contributed by atoms with Crippen molar-refractivity contribution in [2.75, 3.05) is 4.90 Å². The van der Waals surface area contributed by atoms with Crippen LogP contribution in [-0.4, -0.2) is 10.9 Å². The average molecular weight is 313 g/mol. The van der Waals surface area contributed by atoms with Gasteiger partial charge < -0.3 is 9.32 Å². The molecular formula is C17H13ClN2O2. The number of hydrogen-bond donors (Lipinski definition) is 0. The molecule has 0 radical (unpaired) electrons. The first-order valence-corrected chi connectivity index (χ1v) is 7.10. The first-order chi connectivity index (χ1) is 10.7. The van der Waals surface area contributed by atoms with Crippen LogP contribution in [0.5, 0.6) is 0 Å². The van der Waals surface area contributed by atoms with E-state index in [9.17, 15) is 4.79 Å². The molecule has 0 unspecified atom stereocenters. The highest BCUT2D eigenvalue weighted by Crippen LogP contribution is 2.22. The van der Waals surface area contributed by atoms with Crippen molar-refractivity contribution in [1.29, 1.82) is 0 Å².